The van der Waals surface area contributed by atoms with Gasteiger partial charge in [-0.3, -0.25) is 0 Å². The number of nitrogens with zero attached hydrogens (tertiary/aromatic N) is 1. The van der Waals surface area contributed by atoms with E-state index >= 15 is 0 Å². The van der Waals surface area contributed by atoms with Crippen LogP contribution in [-0.2, 0) is 4.74 Å². The number of ether oxygens (including phenoxy) is 1. The molecule has 0 aromatic heterocycles. The van der Waals surface area contributed by atoms with Crippen molar-refractivity contribution in [3.8, 4) is 0 Å². The van der Waals surface area contributed by atoms with Gasteiger partial charge in [-0.15, -0.1) is 12.1 Å². The molecule has 80 valence electrons. The summed E-state index contributed by atoms with van der Waals surface area (Å²) in [5.74, 6) is -0.0461. The predicted octanol–water partition coefficient (Wildman–Crippen LogP) is -0.00414. The maximum atomic E-state index is 9.65. The van der Waals surface area contributed by atoms with Gasteiger partial charge >= 0.3 is 0 Å². The first-order valence-electron chi connectivity index (χ1n) is 4.48. The lowest BCUT2D eigenvalue weighted by molar-refractivity contribution is -0.425. The van der Waals surface area contributed by atoms with Crippen LogP contribution in [0.4, 0.5) is 5.69 Å². The molecule has 2 rings (SSSR count). The summed E-state index contributed by atoms with van der Waals surface area (Å²) in [4.78, 5) is 0. The lowest BCUT2D eigenvalue weighted by Gasteiger charge is -2.08. The lowest BCUT2D eigenvalue weighted by atomic mass is 10.3. The number of aliphatic hydroxyl groups excluding tert-OH is 2. The van der Waals surface area contributed by atoms with Gasteiger partial charge in [0.15, 0.2) is 6.73 Å². The molecule has 1 heterocycles. The first-order chi connectivity index (χ1) is 7.22. The van der Waals surface area contributed by atoms with Gasteiger partial charge in [-0.1, -0.05) is 5.36 Å². The maximum Gasteiger partial charge on any atom is 0.246 e. The van der Waals surface area contributed by atoms with Gasteiger partial charge in [0.25, 0.3) is 0 Å². The molecule has 0 bridgehead atoms. The van der Waals surface area contributed by atoms with Crippen molar-refractivity contribution in [3.05, 3.63) is 36.4 Å². The zero-order valence-electron chi connectivity index (χ0n) is 7.92. The summed E-state index contributed by atoms with van der Waals surface area (Å²) >= 11 is 0. The summed E-state index contributed by atoms with van der Waals surface area (Å²) < 4.78 is 6.46. The van der Waals surface area contributed by atoms with Gasteiger partial charge in [-0.05, 0) is 0 Å². The van der Waals surface area contributed by atoms with Crippen LogP contribution in [0.2, 0.25) is 0 Å². The highest BCUT2D eigenvalue weighted by molar-refractivity contribution is 5.76. The van der Waals surface area contributed by atoms with Gasteiger partial charge in [0.1, 0.15) is 6.10 Å². The van der Waals surface area contributed by atoms with Crippen molar-refractivity contribution in [3.63, 3.8) is 0 Å². The van der Waals surface area contributed by atoms with Crippen LogP contribution in [-0.4, -0.2) is 33.4 Å². The Bertz CT molecular complexity index is 430. The van der Waals surface area contributed by atoms with E-state index in [0.717, 1.165) is 0 Å². The Hall–Kier alpha value is -1.72. The molecule has 5 nitrogen and oxygen atoms in total. The number of hydrogen-bond acceptors (Lipinski definition) is 3. The van der Waals surface area contributed by atoms with E-state index in [2.05, 4.69) is 0 Å². The normalized spacial score (nSPS) is 20.5. The molecule has 0 fully saturated rings. The van der Waals surface area contributed by atoms with Gasteiger partial charge in [0.2, 0.25) is 5.90 Å². The first-order valence-corrected chi connectivity index (χ1v) is 4.48. The van der Waals surface area contributed by atoms with Crippen molar-refractivity contribution < 1.29 is 19.5 Å². The highest BCUT2D eigenvalue weighted by atomic mass is 16.5. The minimum absolute atomic E-state index is 0.0461. The average Bonchev–Trinajstić information content (AvgIpc) is 2.61. The molecule has 5 heteroatoms. The highest BCUT2D eigenvalue weighted by Gasteiger charge is 2.24. The third kappa shape index (κ3) is 1.74. The fraction of sp³-hybridized carbons (Fsp3) is 0.200. The number of benzene rings is 1. The molecule has 1 unspecified atom stereocenters. The zero-order chi connectivity index (χ0) is 10.8. The summed E-state index contributed by atoms with van der Waals surface area (Å²) in [6.45, 7) is 1.07. The van der Waals surface area contributed by atoms with E-state index in [1.807, 2.05) is 0 Å². The summed E-state index contributed by atoms with van der Waals surface area (Å²) in [5, 5.41) is 26.2. The van der Waals surface area contributed by atoms with Gasteiger partial charge in [-0.25, -0.2) is 0 Å². The zero-order valence-corrected chi connectivity index (χ0v) is 7.92. The van der Waals surface area contributed by atoms with Crippen LogP contribution in [0.3, 0.4) is 0 Å². The Labute approximate surface area is 86.4 Å². The van der Waals surface area contributed by atoms with E-state index in [1.54, 1.807) is 24.3 Å². The van der Waals surface area contributed by atoms with Crippen LogP contribution in [0.1, 0.15) is 0 Å². The van der Waals surface area contributed by atoms with E-state index in [0.29, 0.717) is 11.0 Å². The second-order valence-electron chi connectivity index (χ2n) is 3.19. The number of nitrogens with one attached hydrogen (secondary N) is 1. The molecule has 0 saturated heterocycles. The molecular formula is C10H11N2O3-. The van der Waals surface area contributed by atoms with Crippen molar-refractivity contribution in [2.24, 2.45) is 0 Å². The van der Waals surface area contributed by atoms with E-state index in [9.17, 15) is 5.11 Å². The van der Waals surface area contributed by atoms with Crippen LogP contribution >= 0.6 is 0 Å². The van der Waals surface area contributed by atoms with E-state index in [4.69, 9.17) is 15.3 Å². The van der Waals surface area contributed by atoms with E-state index < -0.39 is 6.10 Å². The average molecular weight is 207 g/mol. The smallest absolute Gasteiger partial charge is 0.246 e. The van der Waals surface area contributed by atoms with Crippen molar-refractivity contribution in [2.75, 3.05) is 6.61 Å². The second-order valence-corrected chi connectivity index (χ2v) is 3.19. The predicted molar refractivity (Wildman–Crippen MR) is 51.7 cm³/mol. The van der Waals surface area contributed by atoms with Gasteiger partial charge < -0.3 is 24.9 Å². The first kappa shape index (κ1) is 9.82. The number of hydrogen-bond donors (Lipinski definition) is 3. The van der Waals surface area contributed by atoms with Crippen molar-refractivity contribution >= 4 is 11.6 Å². The summed E-state index contributed by atoms with van der Waals surface area (Å²) in [6, 6.07) is 6.61. The van der Waals surface area contributed by atoms with Crippen molar-refractivity contribution in [1.82, 2.24) is 0 Å². The third-order valence-electron chi connectivity index (χ3n) is 2.18. The van der Waals surface area contributed by atoms with E-state index in [-0.39, 0.29) is 12.5 Å². The molecule has 1 aliphatic rings. The van der Waals surface area contributed by atoms with Crippen LogP contribution in [0.5, 0.6) is 0 Å². The van der Waals surface area contributed by atoms with E-state index in [1.165, 1.54) is 11.3 Å². The topological polar surface area (TPSA) is 76.6 Å². The molecule has 3 N–H and O–H groups in total. The van der Waals surface area contributed by atoms with Crippen LogP contribution in [0.25, 0.3) is 0 Å². The van der Waals surface area contributed by atoms with Crippen LogP contribution in [0, 0.1) is 12.1 Å². The highest BCUT2D eigenvalue weighted by Crippen LogP contribution is 2.17. The second kappa shape index (κ2) is 3.80. The van der Waals surface area contributed by atoms with Crippen LogP contribution < -0.4 is 5.36 Å². The molecule has 0 spiro atoms. The molecule has 1 aliphatic heterocycles. The molecule has 1 aromatic carbocycles. The molecule has 0 radical (unpaired) electrons. The van der Waals surface area contributed by atoms with Gasteiger partial charge in [-0.2, -0.15) is 12.1 Å². The summed E-state index contributed by atoms with van der Waals surface area (Å²) in [6.07, 6.45) is -0.694. The van der Waals surface area contributed by atoms with Crippen LogP contribution in [0.15, 0.2) is 24.3 Å². The summed E-state index contributed by atoms with van der Waals surface area (Å²) in [5.41, 5.74) is 0.694. The molecule has 0 aliphatic carbocycles. The molecule has 0 saturated carbocycles. The molecule has 0 amide bonds. The van der Waals surface area contributed by atoms with Gasteiger partial charge in [0.05, 0.1) is 12.3 Å². The standard InChI is InChI=1S/C10H11N2O3/c11-7-1-3-8(4-2-7)12-6-15-9(5-13)10(12)14/h1-4,6,9,11,13-14H,5H2/q-1. The largest absolute Gasteiger partial charge is 0.530 e. The molecule has 1 atom stereocenters. The molecule has 1 aromatic rings. The Morgan fingerprint density at radius 3 is 2.73 bits per heavy atom. The monoisotopic (exact) mass is 207 g/mol. The minimum Gasteiger partial charge on any atom is -0.530 e. The number of aliphatic hydroxyl groups is 2. The third-order valence-corrected chi connectivity index (χ3v) is 2.18. The Morgan fingerprint density at radius 1 is 1.53 bits per heavy atom. The molecule has 15 heavy (non-hydrogen) atoms. The fourth-order valence-corrected chi connectivity index (χ4v) is 1.34. The Balaban J connectivity index is 2.36. The lowest BCUT2D eigenvalue weighted by Crippen LogP contribution is -2.24. The Kier molecular flexibility index (Phi) is 2.49. The maximum absolute atomic E-state index is 9.65. The molecular weight excluding hydrogens is 196 g/mol. The SMILES string of the molecule is N=c1cc[c-]([N+]2=C(O)C(CO)O[CH-]2)cc1. The Morgan fingerprint density at radius 2 is 2.20 bits per heavy atom. The minimum atomic E-state index is -0.694. The van der Waals surface area contributed by atoms with Crippen molar-refractivity contribution in [2.45, 2.75) is 6.10 Å². The number of rotatable bonds is 2. The van der Waals surface area contributed by atoms with Gasteiger partial charge in [0, 0.05) is 0 Å². The van der Waals surface area contributed by atoms with Crippen molar-refractivity contribution in [1.29, 1.82) is 5.41 Å². The quantitative estimate of drug-likeness (QED) is 0.471. The fourth-order valence-electron chi connectivity index (χ4n) is 1.34. The summed E-state index contributed by atoms with van der Waals surface area (Å²) in [7, 11) is 0.